The van der Waals surface area contributed by atoms with E-state index in [-0.39, 0.29) is 23.8 Å². The number of carbonyl (C=O) groups is 2. The average molecular weight is 652 g/mol. The first-order chi connectivity index (χ1) is 21.5. The summed E-state index contributed by atoms with van der Waals surface area (Å²) in [6.45, 7) is 9.98. The number of hydrogen-bond donors (Lipinski definition) is 1. The molecule has 2 aliphatic rings. The van der Waals surface area contributed by atoms with E-state index in [4.69, 9.17) is 37.7 Å². The maximum atomic E-state index is 15.0. The second kappa shape index (κ2) is 13.9. The highest BCUT2D eigenvalue weighted by Gasteiger charge is 2.47. The number of nitrogens with one attached hydrogen (secondary N) is 1. The Morgan fingerprint density at radius 1 is 0.978 bits per heavy atom. The molecule has 2 aliphatic heterocycles. The van der Waals surface area contributed by atoms with Crippen molar-refractivity contribution in [1.29, 1.82) is 0 Å². The Hall–Kier alpha value is -3.43. The quantitative estimate of drug-likeness (QED) is 0.314. The third-order valence-electron chi connectivity index (χ3n) is 8.23. The molecule has 1 fully saturated rings. The molecule has 45 heavy (non-hydrogen) atoms. The molecule has 0 aliphatic carbocycles. The van der Waals surface area contributed by atoms with E-state index in [0.717, 1.165) is 16.7 Å². The van der Waals surface area contributed by atoms with Crippen molar-refractivity contribution in [2.45, 2.75) is 51.2 Å². The van der Waals surface area contributed by atoms with Crippen molar-refractivity contribution in [3.8, 4) is 5.75 Å². The molecule has 0 spiro atoms. The lowest BCUT2D eigenvalue weighted by Crippen LogP contribution is -2.61. The summed E-state index contributed by atoms with van der Waals surface area (Å²) in [4.78, 5) is 36.8. The van der Waals surface area contributed by atoms with Crippen LogP contribution in [0.4, 0.5) is 0 Å². The van der Waals surface area contributed by atoms with E-state index in [1.54, 1.807) is 9.80 Å². The van der Waals surface area contributed by atoms with Crippen LogP contribution in [-0.2, 0) is 19.7 Å². The topological polar surface area (TPSA) is 83.5 Å². The van der Waals surface area contributed by atoms with Crippen LogP contribution in [0, 0.1) is 0 Å². The zero-order valence-electron chi connectivity index (χ0n) is 26.3. The Morgan fingerprint density at radius 3 is 2.22 bits per heavy atom. The van der Waals surface area contributed by atoms with E-state index in [1.807, 2.05) is 67.6 Å². The summed E-state index contributed by atoms with van der Waals surface area (Å²) in [6.07, 6.45) is 0. The smallest absolute Gasteiger partial charge is 0.252 e. The first-order valence-electron chi connectivity index (χ1n) is 15.2. The highest BCUT2D eigenvalue weighted by molar-refractivity contribution is 6.30. The minimum atomic E-state index is -0.769. The Labute approximate surface area is 275 Å². The molecule has 8 nitrogen and oxygen atoms in total. The summed E-state index contributed by atoms with van der Waals surface area (Å²) in [7, 11) is 1.48. The van der Waals surface area contributed by atoms with Crippen molar-refractivity contribution >= 4 is 40.9 Å². The fraction of sp³-hybridized carbons (Fsp3) is 0.400. The van der Waals surface area contributed by atoms with Crippen molar-refractivity contribution < 1.29 is 19.1 Å². The number of amidine groups is 1. The van der Waals surface area contributed by atoms with Crippen molar-refractivity contribution in [2.75, 3.05) is 40.0 Å². The number of hydrogen-bond acceptors (Lipinski definition) is 6. The summed E-state index contributed by atoms with van der Waals surface area (Å²) in [5.41, 5.74) is 3.43. The van der Waals surface area contributed by atoms with Gasteiger partial charge in [0.25, 0.3) is 5.91 Å². The Morgan fingerprint density at radius 2 is 1.62 bits per heavy atom. The summed E-state index contributed by atoms with van der Waals surface area (Å²) >= 11 is 12.6. The number of amides is 2. The zero-order chi connectivity index (χ0) is 32.3. The summed E-state index contributed by atoms with van der Waals surface area (Å²) in [5, 5.41) is 4.50. The first-order valence-corrected chi connectivity index (χ1v) is 16.0. The van der Waals surface area contributed by atoms with E-state index in [9.17, 15) is 9.59 Å². The van der Waals surface area contributed by atoms with Gasteiger partial charge in [-0.3, -0.25) is 19.5 Å². The van der Waals surface area contributed by atoms with E-state index in [1.165, 1.54) is 7.11 Å². The average Bonchev–Trinajstić information content (AvgIpc) is 3.41. The lowest BCUT2D eigenvalue weighted by atomic mass is 9.86. The van der Waals surface area contributed by atoms with E-state index < -0.39 is 18.1 Å². The number of piperazine rings is 1. The Bertz CT molecular complexity index is 1550. The number of rotatable bonds is 8. The van der Waals surface area contributed by atoms with Gasteiger partial charge in [-0.15, -0.1) is 0 Å². The number of carbonyl (C=O) groups excluding carboxylic acids is 2. The third kappa shape index (κ3) is 7.04. The van der Waals surface area contributed by atoms with Crippen molar-refractivity contribution in [3.63, 3.8) is 0 Å². The van der Waals surface area contributed by atoms with Crippen LogP contribution in [0.3, 0.4) is 0 Å². The second-order valence-corrected chi connectivity index (χ2v) is 13.2. The van der Waals surface area contributed by atoms with Crippen molar-refractivity contribution in [1.82, 2.24) is 15.1 Å². The van der Waals surface area contributed by atoms with Crippen LogP contribution in [0.1, 0.15) is 62.0 Å². The van der Waals surface area contributed by atoms with Crippen LogP contribution in [-0.4, -0.2) is 73.4 Å². The minimum absolute atomic E-state index is 0.110. The number of methoxy groups -OCH3 is 1. The molecule has 238 valence electrons. The molecule has 2 amide bonds. The number of ether oxygens (including phenoxy) is 2. The molecule has 1 N–H and O–H groups in total. The zero-order valence-corrected chi connectivity index (χ0v) is 27.9. The maximum Gasteiger partial charge on any atom is 0.252 e. The second-order valence-electron chi connectivity index (χ2n) is 12.3. The van der Waals surface area contributed by atoms with Crippen LogP contribution in [0.5, 0.6) is 5.75 Å². The summed E-state index contributed by atoms with van der Waals surface area (Å²) < 4.78 is 11.4. The van der Waals surface area contributed by atoms with Crippen molar-refractivity contribution in [3.05, 3.63) is 99.0 Å². The van der Waals surface area contributed by atoms with Gasteiger partial charge in [0.15, 0.2) is 0 Å². The monoisotopic (exact) mass is 650 g/mol. The number of aliphatic imine (C=N–C) groups is 1. The number of nitrogens with zero attached hydrogens (tertiary/aromatic N) is 3. The molecule has 3 aromatic rings. The predicted molar refractivity (Wildman–Crippen MR) is 178 cm³/mol. The highest BCUT2D eigenvalue weighted by Crippen LogP contribution is 2.46. The van der Waals surface area contributed by atoms with E-state index >= 15 is 0 Å². The molecule has 1 saturated heterocycles. The number of halogens is 2. The van der Waals surface area contributed by atoms with Crippen LogP contribution in [0.15, 0.2) is 71.7 Å². The molecule has 3 aromatic carbocycles. The van der Waals surface area contributed by atoms with E-state index in [0.29, 0.717) is 53.4 Å². The van der Waals surface area contributed by atoms with Crippen molar-refractivity contribution in [2.24, 2.45) is 4.99 Å². The first kappa shape index (κ1) is 32.9. The van der Waals surface area contributed by atoms with Gasteiger partial charge in [-0.1, -0.05) is 74.3 Å². The normalized spacial score (nSPS) is 20.2. The Kier molecular flexibility index (Phi) is 10.2. The molecule has 10 heteroatoms. The van der Waals surface area contributed by atoms with Gasteiger partial charge in [-0.05, 0) is 65.4 Å². The van der Waals surface area contributed by atoms with Crippen LogP contribution < -0.4 is 10.1 Å². The van der Waals surface area contributed by atoms with Gasteiger partial charge in [-0.2, -0.15) is 0 Å². The highest BCUT2D eigenvalue weighted by atomic mass is 35.5. The van der Waals surface area contributed by atoms with Gasteiger partial charge < -0.3 is 19.7 Å². The molecule has 5 rings (SSSR count). The van der Waals surface area contributed by atoms with Gasteiger partial charge in [0.1, 0.15) is 30.3 Å². The van der Waals surface area contributed by atoms with E-state index in [2.05, 4.69) is 32.2 Å². The van der Waals surface area contributed by atoms with Crippen LogP contribution in [0.2, 0.25) is 10.0 Å². The summed E-state index contributed by atoms with van der Waals surface area (Å²) in [6, 6.07) is 19.3. The van der Waals surface area contributed by atoms with Crippen LogP contribution >= 0.6 is 23.2 Å². The molecule has 0 bridgehead atoms. The number of benzene rings is 3. The molecular formula is C35H40Cl2N4O4. The molecule has 0 radical (unpaired) electrons. The maximum absolute atomic E-state index is 15.0. The van der Waals surface area contributed by atoms with Crippen LogP contribution in [0.25, 0.3) is 0 Å². The molecule has 3 atom stereocenters. The molecular weight excluding hydrogens is 611 g/mol. The lowest BCUT2D eigenvalue weighted by molar-refractivity contribution is -0.147. The fourth-order valence-electron chi connectivity index (χ4n) is 5.93. The third-order valence-corrected chi connectivity index (χ3v) is 8.74. The van der Waals surface area contributed by atoms with Gasteiger partial charge in [-0.25, -0.2) is 0 Å². The minimum Gasteiger partial charge on any atom is -0.493 e. The van der Waals surface area contributed by atoms with Gasteiger partial charge in [0, 0.05) is 36.8 Å². The molecule has 0 aromatic heterocycles. The SMILES string of the molecule is CCOc1cc(C(C)(C)C)ccc1C1=N[C@@H](c2ccc(Cl)cc2)[C@@H](c2ccc(Cl)cc2)N1C(=O)C1CNCCN1C(=O)COC. The fourth-order valence-corrected chi connectivity index (χ4v) is 6.18. The van der Waals surface area contributed by atoms with Gasteiger partial charge >= 0.3 is 0 Å². The molecule has 2 heterocycles. The largest absolute Gasteiger partial charge is 0.493 e. The lowest BCUT2D eigenvalue weighted by Gasteiger charge is -2.39. The molecule has 1 unspecified atom stereocenters. The predicted octanol–water partition coefficient (Wildman–Crippen LogP) is 6.21. The summed E-state index contributed by atoms with van der Waals surface area (Å²) in [5.74, 6) is 0.636. The molecule has 0 saturated carbocycles. The Balaban J connectivity index is 1.72. The van der Waals surface area contributed by atoms with Gasteiger partial charge in [0.05, 0.1) is 18.2 Å². The standard InChI is InChI=1S/C35H40Cl2N4O4/c1-6-45-29-19-24(35(2,3)4)11-16-27(29)33-39-31(22-7-12-25(36)13-8-22)32(23-9-14-26(37)15-10-23)41(33)34(43)28-20-38-17-18-40(28)30(42)21-44-5/h7-16,19,28,31-32,38H,6,17-18,20-21H2,1-5H3/t28?,31-,32+/m0/s1. The van der Waals surface area contributed by atoms with Gasteiger partial charge in [0.2, 0.25) is 5.91 Å².